The van der Waals surface area contributed by atoms with Crippen molar-refractivity contribution in [3.05, 3.63) is 0 Å². The lowest BCUT2D eigenvalue weighted by molar-refractivity contribution is 0.186. The van der Waals surface area contributed by atoms with E-state index in [9.17, 15) is 8.42 Å². The van der Waals surface area contributed by atoms with Crippen molar-refractivity contribution in [3.8, 4) is 0 Å². The highest BCUT2D eigenvalue weighted by Gasteiger charge is 2.40. The van der Waals surface area contributed by atoms with Gasteiger partial charge in [0.1, 0.15) is 0 Å². The molecule has 2 fully saturated rings. The normalized spacial score (nSPS) is 28.6. The van der Waals surface area contributed by atoms with Gasteiger partial charge in [-0.25, -0.2) is 8.42 Å². The third kappa shape index (κ3) is 4.59. The molecule has 1 atom stereocenters. The summed E-state index contributed by atoms with van der Waals surface area (Å²) >= 11 is 0. The second-order valence-corrected chi connectivity index (χ2v) is 10.3. The quantitative estimate of drug-likeness (QED) is 0.606. The van der Waals surface area contributed by atoms with Crippen molar-refractivity contribution in [2.75, 3.05) is 52.1 Å². The maximum atomic E-state index is 12.1. The third-order valence-electron chi connectivity index (χ3n) is 5.01. The maximum absolute atomic E-state index is 12.1. The first-order valence-electron chi connectivity index (χ1n) is 8.65. The predicted octanol–water partition coefficient (Wildman–Crippen LogP) is 0.803. The number of rotatable bonds is 3. The zero-order chi connectivity index (χ0) is 17.1. The number of guanidine groups is 1. The van der Waals surface area contributed by atoms with Crippen molar-refractivity contribution in [2.24, 2.45) is 10.9 Å². The molecule has 0 bridgehead atoms. The van der Waals surface area contributed by atoms with Gasteiger partial charge in [0.2, 0.25) is 0 Å². The van der Waals surface area contributed by atoms with Gasteiger partial charge in [-0.1, -0.05) is 6.92 Å². The van der Waals surface area contributed by atoms with Crippen molar-refractivity contribution in [1.82, 2.24) is 15.1 Å². The Kier molecular flexibility index (Phi) is 5.94. The lowest BCUT2D eigenvalue weighted by Crippen LogP contribution is -2.57. The largest absolute Gasteiger partial charge is 0.355 e. The van der Waals surface area contributed by atoms with E-state index in [4.69, 9.17) is 0 Å². The topological polar surface area (TPSA) is 65.0 Å². The van der Waals surface area contributed by atoms with Gasteiger partial charge in [-0.3, -0.25) is 4.99 Å². The maximum Gasteiger partial charge on any atom is 0.193 e. The van der Waals surface area contributed by atoms with Crippen LogP contribution >= 0.6 is 0 Å². The zero-order valence-corrected chi connectivity index (χ0v) is 15.8. The average Bonchev–Trinajstić information content (AvgIpc) is 2.47. The number of piperidine rings is 1. The molecule has 0 aliphatic carbocycles. The van der Waals surface area contributed by atoms with Crippen LogP contribution in [0.3, 0.4) is 0 Å². The predicted molar refractivity (Wildman–Crippen MR) is 95.6 cm³/mol. The van der Waals surface area contributed by atoms with Crippen molar-refractivity contribution in [1.29, 1.82) is 0 Å². The molecule has 0 aromatic rings. The molecule has 0 aromatic heterocycles. The van der Waals surface area contributed by atoms with Gasteiger partial charge in [0.15, 0.2) is 15.8 Å². The van der Waals surface area contributed by atoms with Crippen molar-refractivity contribution in [2.45, 2.75) is 38.4 Å². The van der Waals surface area contributed by atoms with Gasteiger partial charge in [0.25, 0.3) is 0 Å². The monoisotopic (exact) mass is 344 g/mol. The molecule has 2 heterocycles. The first kappa shape index (κ1) is 18.5. The van der Waals surface area contributed by atoms with Crippen LogP contribution in [0.2, 0.25) is 0 Å². The molecule has 0 aromatic carbocycles. The Morgan fingerprint density at radius 3 is 2.70 bits per heavy atom. The second kappa shape index (κ2) is 7.38. The summed E-state index contributed by atoms with van der Waals surface area (Å²) in [4.78, 5) is 8.91. The summed E-state index contributed by atoms with van der Waals surface area (Å²) in [6.45, 7) is 11.2. The average molecular weight is 345 g/mol. The SMILES string of the molecule is CN=C(NCCN1CCCC(C)C1)N1CCS(=O)(=O)C(C)(C)C1. The van der Waals surface area contributed by atoms with Crippen molar-refractivity contribution in [3.63, 3.8) is 0 Å². The Labute approximate surface area is 141 Å². The molecule has 2 rings (SSSR count). The van der Waals surface area contributed by atoms with Crippen molar-refractivity contribution >= 4 is 15.8 Å². The Balaban J connectivity index is 1.84. The third-order valence-corrected chi connectivity index (χ3v) is 7.54. The summed E-state index contributed by atoms with van der Waals surface area (Å²) in [5.74, 6) is 1.80. The number of likely N-dealkylation sites (tertiary alicyclic amines) is 1. The molecule has 1 N–H and O–H groups in total. The number of aliphatic imine (C=N–C) groups is 1. The molecule has 0 amide bonds. The van der Waals surface area contributed by atoms with Gasteiger partial charge in [0.05, 0.1) is 10.5 Å². The van der Waals surface area contributed by atoms with Gasteiger partial charge in [-0.2, -0.15) is 0 Å². The van der Waals surface area contributed by atoms with Crippen LogP contribution in [-0.4, -0.2) is 81.0 Å². The van der Waals surface area contributed by atoms with Gasteiger partial charge in [-0.15, -0.1) is 0 Å². The summed E-state index contributed by atoms with van der Waals surface area (Å²) < 4.78 is 23.5. The Hall–Kier alpha value is -0.820. The fourth-order valence-corrected chi connectivity index (χ4v) is 4.84. The van der Waals surface area contributed by atoms with Crippen molar-refractivity contribution < 1.29 is 8.42 Å². The van der Waals surface area contributed by atoms with E-state index in [1.165, 1.54) is 25.9 Å². The molecule has 134 valence electrons. The lowest BCUT2D eigenvalue weighted by Gasteiger charge is -2.39. The summed E-state index contributed by atoms with van der Waals surface area (Å²) in [6.07, 6.45) is 2.62. The first-order valence-corrected chi connectivity index (χ1v) is 10.3. The summed E-state index contributed by atoms with van der Waals surface area (Å²) in [5, 5.41) is 3.41. The molecular weight excluding hydrogens is 312 g/mol. The van der Waals surface area contributed by atoms with Crippen LogP contribution < -0.4 is 5.32 Å². The Morgan fingerprint density at radius 1 is 1.35 bits per heavy atom. The van der Waals surface area contributed by atoms with Gasteiger partial charge in [0, 0.05) is 39.8 Å². The van der Waals surface area contributed by atoms with Gasteiger partial charge >= 0.3 is 0 Å². The van der Waals surface area contributed by atoms with E-state index in [0.717, 1.165) is 25.0 Å². The minimum atomic E-state index is -3.01. The summed E-state index contributed by atoms with van der Waals surface area (Å²) in [6, 6.07) is 0. The molecule has 0 radical (unpaired) electrons. The molecule has 1 unspecified atom stereocenters. The van der Waals surface area contributed by atoms with Crippen LogP contribution in [0.4, 0.5) is 0 Å². The zero-order valence-electron chi connectivity index (χ0n) is 15.0. The number of nitrogens with zero attached hydrogens (tertiary/aromatic N) is 3. The molecule has 2 saturated heterocycles. The standard InChI is InChI=1S/C16H32N4O2S/c1-14-6-5-8-19(12-14)9-7-18-15(17-4)20-10-11-23(21,22)16(2,3)13-20/h14H,5-13H2,1-4H3,(H,17,18). The Morgan fingerprint density at radius 2 is 2.09 bits per heavy atom. The first-order chi connectivity index (χ1) is 10.7. The van der Waals surface area contributed by atoms with Crippen LogP contribution in [-0.2, 0) is 9.84 Å². The highest BCUT2D eigenvalue weighted by atomic mass is 32.2. The molecule has 0 spiro atoms. The van der Waals surface area contributed by atoms with Crippen LogP contribution in [0.5, 0.6) is 0 Å². The molecule has 0 saturated carbocycles. The van der Waals surface area contributed by atoms with Crippen LogP contribution in [0, 0.1) is 5.92 Å². The van der Waals surface area contributed by atoms with E-state index >= 15 is 0 Å². The van der Waals surface area contributed by atoms with E-state index in [1.54, 1.807) is 20.9 Å². The number of hydrogen-bond acceptors (Lipinski definition) is 4. The van der Waals surface area contributed by atoms with E-state index in [1.807, 2.05) is 0 Å². The molecule has 23 heavy (non-hydrogen) atoms. The van der Waals surface area contributed by atoms with E-state index in [2.05, 4.69) is 27.0 Å². The minimum absolute atomic E-state index is 0.199. The van der Waals surface area contributed by atoms with Gasteiger partial charge < -0.3 is 15.1 Å². The van der Waals surface area contributed by atoms with E-state index in [-0.39, 0.29) is 5.75 Å². The van der Waals surface area contributed by atoms with E-state index in [0.29, 0.717) is 13.1 Å². The summed E-state index contributed by atoms with van der Waals surface area (Å²) in [7, 11) is -1.25. The second-order valence-electron chi connectivity index (χ2n) is 7.52. The number of nitrogens with one attached hydrogen (secondary N) is 1. The minimum Gasteiger partial charge on any atom is -0.355 e. The van der Waals surface area contributed by atoms with Crippen LogP contribution in [0.15, 0.2) is 4.99 Å². The molecule has 2 aliphatic rings. The highest BCUT2D eigenvalue weighted by Crippen LogP contribution is 2.23. The lowest BCUT2D eigenvalue weighted by atomic mass is 10.0. The Bertz CT molecular complexity index is 530. The fourth-order valence-electron chi connectivity index (χ4n) is 3.47. The van der Waals surface area contributed by atoms with Gasteiger partial charge in [-0.05, 0) is 39.2 Å². The molecule has 7 heteroatoms. The molecular formula is C16H32N4O2S. The molecule has 6 nitrogen and oxygen atoms in total. The smallest absolute Gasteiger partial charge is 0.193 e. The number of hydrogen-bond donors (Lipinski definition) is 1. The van der Waals surface area contributed by atoms with Crippen LogP contribution in [0.1, 0.15) is 33.6 Å². The fraction of sp³-hybridized carbons (Fsp3) is 0.938. The van der Waals surface area contributed by atoms with E-state index < -0.39 is 14.6 Å². The van der Waals surface area contributed by atoms with Crippen LogP contribution in [0.25, 0.3) is 0 Å². The summed E-state index contributed by atoms with van der Waals surface area (Å²) in [5.41, 5.74) is 0. The number of sulfone groups is 1. The highest BCUT2D eigenvalue weighted by molar-refractivity contribution is 7.92. The molecule has 2 aliphatic heterocycles.